The van der Waals surface area contributed by atoms with E-state index in [1.807, 2.05) is 12.2 Å². The molecule has 0 radical (unpaired) electrons. The monoisotopic (exact) mass is 261 g/mol. The fraction of sp³-hybridized carbons (Fsp3) is 0.133. The van der Waals surface area contributed by atoms with Crippen LogP contribution in [0.4, 0.5) is 0 Å². The summed E-state index contributed by atoms with van der Waals surface area (Å²) in [4.78, 5) is 9.21. The van der Waals surface area contributed by atoms with Crippen LogP contribution >= 0.6 is 0 Å². The molecule has 20 heavy (non-hydrogen) atoms. The molecular formula is C15H17B2N3. The lowest BCUT2D eigenvalue weighted by Gasteiger charge is -2.25. The summed E-state index contributed by atoms with van der Waals surface area (Å²) in [5.41, 5.74) is 2.17. The van der Waals surface area contributed by atoms with Gasteiger partial charge in [-0.3, -0.25) is 4.98 Å². The second kappa shape index (κ2) is 5.45. The minimum absolute atomic E-state index is 0.216. The maximum Gasteiger partial charge on any atom is 0.335 e. The molecule has 5 heteroatoms. The third kappa shape index (κ3) is 2.44. The van der Waals surface area contributed by atoms with Gasteiger partial charge in [0.25, 0.3) is 0 Å². The lowest BCUT2D eigenvalue weighted by Crippen LogP contribution is -2.51. The number of allylic oxidation sites excluding steroid dienone is 4. The van der Waals surface area contributed by atoms with Gasteiger partial charge in [-0.2, -0.15) is 0 Å². The topological polar surface area (TPSA) is 19.4 Å². The van der Waals surface area contributed by atoms with Gasteiger partial charge in [0.1, 0.15) is 0 Å². The molecule has 3 nitrogen and oxygen atoms in total. The summed E-state index contributed by atoms with van der Waals surface area (Å²) in [7, 11) is 4.16. The van der Waals surface area contributed by atoms with Gasteiger partial charge in [-0.05, 0) is 50.8 Å². The maximum atomic E-state index is 4.87. The summed E-state index contributed by atoms with van der Waals surface area (Å²) in [6.45, 7) is 0.432. The molecule has 0 amide bonds. The van der Waals surface area contributed by atoms with Crippen molar-refractivity contribution >= 4 is 24.9 Å². The van der Waals surface area contributed by atoms with E-state index in [0.29, 0.717) is 0 Å². The fourth-order valence-corrected chi connectivity index (χ4v) is 2.58. The number of rotatable bonds is 2. The van der Waals surface area contributed by atoms with Gasteiger partial charge in [-0.1, -0.05) is 30.2 Å². The average molecular weight is 261 g/mol. The Morgan fingerprint density at radius 1 is 0.800 bits per heavy atom. The number of pyridine rings is 1. The Balaban J connectivity index is 1.90. The van der Waals surface area contributed by atoms with Crippen molar-refractivity contribution in [2.75, 3.05) is 14.1 Å². The van der Waals surface area contributed by atoms with E-state index < -0.39 is 0 Å². The minimum Gasteiger partial charge on any atom is -0.415 e. The van der Waals surface area contributed by atoms with Crippen molar-refractivity contribution in [2.45, 2.75) is 0 Å². The largest absolute Gasteiger partial charge is 0.415 e. The predicted octanol–water partition coefficient (Wildman–Crippen LogP) is 0.588. The Morgan fingerprint density at radius 3 is 1.75 bits per heavy atom. The molecule has 3 rings (SSSR count). The molecule has 1 aromatic heterocycles. The highest BCUT2D eigenvalue weighted by Gasteiger charge is 2.25. The first-order chi connectivity index (χ1) is 9.75. The van der Waals surface area contributed by atoms with Gasteiger partial charge in [-0.15, -0.1) is 0 Å². The van der Waals surface area contributed by atoms with Crippen LogP contribution in [0.3, 0.4) is 0 Å². The van der Waals surface area contributed by atoms with E-state index in [1.54, 1.807) is 0 Å². The highest BCUT2D eigenvalue weighted by Crippen LogP contribution is 2.03. The Hall–Kier alpha value is -2.16. The third-order valence-corrected chi connectivity index (χ3v) is 3.73. The van der Waals surface area contributed by atoms with Gasteiger partial charge in [0, 0.05) is 11.2 Å². The molecule has 2 aliphatic rings. The van der Waals surface area contributed by atoms with Crippen LogP contribution < -0.4 is 11.2 Å². The maximum absolute atomic E-state index is 4.87. The molecule has 3 heterocycles. The van der Waals surface area contributed by atoms with Crippen molar-refractivity contribution in [3.05, 3.63) is 66.9 Å². The number of aromatic nitrogens is 1. The van der Waals surface area contributed by atoms with Gasteiger partial charge in [0.2, 0.25) is 0 Å². The smallest absolute Gasteiger partial charge is 0.335 e. The highest BCUT2D eigenvalue weighted by molar-refractivity contribution is 6.77. The quantitative estimate of drug-likeness (QED) is 0.726. The van der Waals surface area contributed by atoms with E-state index in [9.17, 15) is 0 Å². The summed E-state index contributed by atoms with van der Waals surface area (Å²) in [6.07, 6.45) is 12.4. The lowest BCUT2D eigenvalue weighted by molar-refractivity contribution is 0.718. The Morgan fingerprint density at radius 2 is 1.30 bits per heavy atom. The Labute approximate surface area is 121 Å². The zero-order chi connectivity index (χ0) is 13.9. The van der Waals surface area contributed by atoms with E-state index in [-0.39, 0.29) is 13.7 Å². The first-order valence-electron chi connectivity index (χ1n) is 6.86. The van der Waals surface area contributed by atoms with Gasteiger partial charge in [0.05, 0.1) is 0 Å². The molecule has 98 valence electrons. The van der Waals surface area contributed by atoms with E-state index in [0.717, 1.165) is 11.2 Å². The normalized spacial score (nSPS) is 17.3. The summed E-state index contributed by atoms with van der Waals surface area (Å²) >= 11 is 0. The zero-order valence-corrected chi connectivity index (χ0v) is 11.8. The van der Waals surface area contributed by atoms with Crippen molar-refractivity contribution < 1.29 is 0 Å². The van der Waals surface area contributed by atoms with Gasteiger partial charge in [0.15, 0.2) is 0 Å². The molecule has 0 N–H and O–H groups in total. The first-order valence-corrected chi connectivity index (χ1v) is 6.86. The molecule has 0 aliphatic carbocycles. The van der Waals surface area contributed by atoms with Crippen molar-refractivity contribution in [3.63, 3.8) is 0 Å². The van der Waals surface area contributed by atoms with Crippen LogP contribution in [-0.2, 0) is 0 Å². The van der Waals surface area contributed by atoms with Crippen molar-refractivity contribution in [1.29, 1.82) is 0 Å². The molecule has 0 spiro atoms. The van der Waals surface area contributed by atoms with Crippen LogP contribution in [0.1, 0.15) is 0 Å². The van der Waals surface area contributed by atoms with Crippen LogP contribution in [0.15, 0.2) is 66.9 Å². The average Bonchev–Trinajstić information content (AvgIpc) is 2.48. The van der Waals surface area contributed by atoms with Gasteiger partial charge < -0.3 is 9.62 Å². The van der Waals surface area contributed by atoms with Gasteiger partial charge in [-0.25, -0.2) is 0 Å². The van der Waals surface area contributed by atoms with E-state index in [1.165, 1.54) is 0 Å². The van der Waals surface area contributed by atoms with Crippen LogP contribution in [0.5, 0.6) is 0 Å². The van der Waals surface area contributed by atoms with Crippen molar-refractivity contribution in [1.82, 2.24) is 14.6 Å². The fourth-order valence-electron chi connectivity index (χ4n) is 2.58. The second-order valence-corrected chi connectivity index (χ2v) is 5.16. The standard InChI is InChI=1S/C15H17B2N3/c1-19-12-5-3-10-16(19)14-8-7-9-15(18-14)17-11-4-6-13-20(17)2/h3-13H,1-2H3. The predicted molar refractivity (Wildman–Crippen MR) is 87.1 cm³/mol. The molecule has 0 bridgehead atoms. The Kier molecular flexibility index (Phi) is 3.50. The molecule has 0 aromatic carbocycles. The van der Waals surface area contributed by atoms with E-state index in [4.69, 9.17) is 4.98 Å². The molecule has 1 aromatic rings. The third-order valence-electron chi connectivity index (χ3n) is 3.73. The molecule has 0 atom stereocenters. The van der Waals surface area contributed by atoms with Crippen molar-refractivity contribution in [3.8, 4) is 0 Å². The van der Waals surface area contributed by atoms with Crippen LogP contribution in [0.2, 0.25) is 0 Å². The summed E-state index contributed by atoms with van der Waals surface area (Å²) in [6, 6.07) is 6.28. The van der Waals surface area contributed by atoms with E-state index >= 15 is 0 Å². The zero-order valence-electron chi connectivity index (χ0n) is 11.8. The molecular weight excluding hydrogens is 244 g/mol. The molecule has 0 unspecified atom stereocenters. The molecule has 0 saturated heterocycles. The number of hydrogen-bond donors (Lipinski definition) is 0. The number of nitrogens with zero attached hydrogens (tertiary/aromatic N) is 3. The Bertz CT molecular complexity index is 558. The molecule has 0 saturated carbocycles. The minimum atomic E-state index is 0.216. The van der Waals surface area contributed by atoms with Gasteiger partial charge >= 0.3 is 13.7 Å². The van der Waals surface area contributed by atoms with Crippen molar-refractivity contribution in [2.24, 2.45) is 0 Å². The SMILES string of the molecule is CN1C=CC=CB1c1cccc(B2C=CC=CN2C)n1. The van der Waals surface area contributed by atoms with E-state index in [2.05, 4.69) is 78.4 Å². The summed E-state index contributed by atoms with van der Waals surface area (Å²) < 4.78 is 0. The highest BCUT2D eigenvalue weighted by atomic mass is 15.0. The van der Waals surface area contributed by atoms with Crippen LogP contribution in [0.25, 0.3) is 0 Å². The summed E-state index contributed by atoms with van der Waals surface area (Å²) in [5.74, 6) is 4.35. The first kappa shape index (κ1) is 12.9. The van der Waals surface area contributed by atoms with Crippen LogP contribution in [0, 0.1) is 0 Å². The number of hydrogen-bond acceptors (Lipinski definition) is 3. The molecule has 0 fully saturated rings. The second-order valence-electron chi connectivity index (χ2n) is 5.16. The lowest BCUT2D eigenvalue weighted by atomic mass is 9.53. The van der Waals surface area contributed by atoms with Crippen LogP contribution in [-0.4, -0.2) is 42.4 Å². The molecule has 2 aliphatic heterocycles. The summed E-state index contributed by atoms with van der Waals surface area (Å²) in [5, 5.41) is 0.